The van der Waals surface area contributed by atoms with Gasteiger partial charge in [0.2, 0.25) is 0 Å². The Morgan fingerprint density at radius 3 is 2.41 bits per heavy atom. The van der Waals surface area contributed by atoms with Gasteiger partial charge in [-0.2, -0.15) is 0 Å². The van der Waals surface area contributed by atoms with Crippen molar-refractivity contribution in [2.24, 2.45) is 0 Å². The van der Waals surface area contributed by atoms with Crippen molar-refractivity contribution in [3.8, 4) is 0 Å². The summed E-state index contributed by atoms with van der Waals surface area (Å²) in [6.45, 7) is 3.43. The number of aryl methyl sites for hydroxylation is 2. The van der Waals surface area contributed by atoms with E-state index in [1.165, 1.54) is 0 Å². The number of aromatic nitrogens is 2. The van der Waals surface area contributed by atoms with Crippen molar-refractivity contribution in [2.75, 3.05) is 5.75 Å². The van der Waals surface area contributed by atoms with E-state index in [2.05, 4.69) is 9.97 Å². The van der Waals surface area contributed by atoms with Crippen molar-refractivity contribution in [1.82, 2.24) is 9.97 Å². The molecule has 0 aliphatic rings. The Morgan fingerprint density at radius 1 is 1.29 bits per heavy atom. The van der Waals surface area contributed by atoms with Crippen LogP contribution in [0.2, 0.25) is 0 Å². The van der Waals surface area contributed by atoms with Crippen molar-refractivity contribution in [2.45, 2.75) is 25.3 Å². The maximum Gasteiger partial charge on any atom is 0.340 e. The number of carbonyl (C=O) groups is 2. The van der Waals surface area contributed by atoms with Gasteiger partial charge in [-0.3, -0.25) is 4.79 Å². The Balaban J connectivity index is 3.17. The highest BCUT2D eigenvalue weighted by atomic mass is 32.2. The van der Waals surface area contributed by atoms with Gasteiger partial charge in [-0.15, -0.1) is 0 Å². The monoisotopic (exact) mass is 256 g/mol. The fourth-order valence-corrected chi connectivity index (χ4v) is 2.05. The quantitative estimate of drug-likeness (QED) is 0.603. The zero-order chi connectivity index (χ0) is 13.0. The molecule has 1 aromatic rings. The lowest BCUT2D eigenvalue weighted by atomic mass is 10.2. The lowest BCUT2D eigenvalue weighted by Crippen LogP contribution is -2.10. The van der Waals surface area contributed by atoms with Crippen LogP contribution in [0.5, 0.6) is 0 Å². The summed E-state index contributed by atoms with van der Waals surface area (Å²) in [4.78, 5) is 29.6. The van der Waals surface area contributed by atoms with Crippen LogP contribution < -0.4 is 0 Å². The molecule has 7 heteroatoms. The Kier molecular flexibility index (Phi) is 4.45. The molecule has 1 rings (SSSR count). The molecule has 1 aromatic heterocycles. The average Bonchev–Trinajstić information content (AvgIpc) is 2.24. The zero-order valence-electron chi connectivity index (χ0n) is 9.43. The topological polar surface area (TPSA) is 100 Å². The van der Waals surface area contributed by atoms with E-state index < -0.39 is 11.9 Å². The van der Waals surface area contributed by atoms with Crippen LogP contribution in [0.3, 0.4) is 0 Å². The van der Waals surface area contributed by atoms with Gasteiger partial charge in [-0.25, -0.2) is 14.8 Å². The summed E-state index contributed by atoms with van der Waals surface area (Å²) in [6.07, 6.45) is 0.571. The first-order valence-electron chi connectivity index (χ1n) is 4.91. The van der Waals surface area contributed by atoms with Gasteiger partial charge < -0.3 is 10.2 Å². The minimum absolute atomic E-state index is 0.0200. The standard InChI is InChI=1S/C10H12N2O4S/c1-3-6-11-5(2)8(10(15)16)9(12-6)17-4-7(13)14/h3-4H2,1-2H3,(H,13,14)(H,15,16). The number of hydrogen-bond acceptors (Lipinski definition) is 5. The molecule has 17 heavy (non-hydrogen) atoms. The molecule has 0 fully saturated rings. The molecule has 0 unspecified atom stereocenters. The number of thioether (sulfide) groups is 1. The smallest absolute Gasteiger partial charge is 0.340 e. The highest BCUT2D eigenvalue weighted by molar-refractivity contribution is 7.99. The van der Waals surface area contributed by atoms with Gasteiger partial charge in [0.05, 0.1) is 11.4 Å². The van der Waals surface area contributed by atoms with Crippen molar-refractivity contribution < 1.29 is 19.8 Å². The van der Waals surface area contributed by atoms with Gasteiger partial charge >= 0.3 is 11.9 Å². The molecular weight excluding hydrogens is 244 g/mol. The second-order valence-electron chi connectivity index (χ2n) is 3.25. The zero-order valence-corrected chi connectivity index (χ0v) is 10.2. The average molecular weight is 256 g/mol. The Morgan fingerprint density at radius 2 is 1.94 bits per heavy atom. The van der Waals surface area contributed by atoms with Gasteiger partial charge in [0.15, 0.2) is 0 Å². The molecule has 0 bridgehead atoms. The number of carboxylic acid groups (broad SMARTS) is 2. The van der Waals surface area contributed by atoms with Gasteiger partial charge in [0.1, 0.15) is 16.4 Å². The predicted molar refractivity (Wildman–Crippen MR) is 61.5 cm³/mol. The van der Waals surface area contributed by atoms with Crippen molar-refractivity contribution >= 4 is 23.7 Å². The van der Waals surface area contributed by atoms with Crippen molar-refractivity contribution in [1.29, 1.82) is 0 Å². The number of carboxylic acids is 2. The van der Waals surface area contributed by atoms with Crippen LogP contribution >= 0.6 is 11.8 Å². The number of aliphatic carboxylic acids is 1. The van der Waals surface area contributed by atoms with Crippen LogP contribution in [-0.2, 0) is 11.2 Å². The SMILES string of the molecule is CCc1nc(C)c(C(=O)O)c(SCC(=O)O)n1. The van der Waals surface area contributed by atoms with E-state index in [1.807, 2.05) is 6.92 Å². The maximum atomic E-state index is 11.0. The summed E-state index contributed by atoms with van der Waals surface area (Å²) in [5.74, 6) is -1.86. The molecule has 0 saturated heterocycles. The van der Waals surface area contributed by atoms with E-state index in [1.54, 1.807) is 6.92 Å². The third-order valence-corrected chi connectivity index (χ3v) is 2.93. The molecular formula is C10H12N2O4S. The molecule has 0 aromatic carbocycles. The molecule has 0 atom stereocenters. The molecule has 6 nitrogen and oxygen atoms in total. The van der Waals surface area contributed by atoms with E-state index in [4.69, 9.17) is 10.2 Å². The Bertz CT molecular complexity index is 462. The van der Waals surface area contributed by atoms with Gasteiger partial charge in [0, 0.05) is 6.42 Å². The second kappa shape index (κ2) is 5.62. The summed E-state index contributed by atoms with van der Waals surface area (Å²) in [6, 6.07) is 0. The summed E-state index contributed by atoms with van der Waals surface area (Å²) >= 11 is 0.896. The first-order chi connectivity index (χ1) is 7.95. The third kappa shape index (κ3) is 3.42. The summed E-state index contributed by atoms with van der Waals surface area (Å²) < 4.78 is 0. The van der Waals surface area contributed by atoms with E-state index in [-0.39, 0.29) is 16.3 Å². The lowest BCUT2D eigenvalue weighted by molar-refractivity contribution is -0.133. The minimum Gasteiger partial charge on any atom is -0.481 e. The summed E-state index contributed by atoms with van der Waals surface area (Å²) in [5.41, 5.74) is 0.339. The second-order valence-corrected chi connectivity index (χ2v) is 4.21. The van der Waals surface area contributed by atoms with Crippen molar-refractivity contribution in [3.05, 3.63) is 17.1 Å². The van der Waals surface area contributed by atoms with E-state index in [0.29, 0.717) is 17.9 Å². The largest absolute Gasteiger partial charge is 0.481 e. The fraction of sp³-hybridized carbons (Fsp3) is 0.400. The number of aromatic carboxylic acids is 1. The normalized spacial score (nSPS) is 10.2. The van der Waals surface area contributed by atoms with Crippen LogP contribution in [0.4, 0.5) is 0 Å². The molecule has 0 aliphatic heterocycles. The number of hydrogen-bond donors (Lipinski definition) is 2. The highest BCUT2D eigenvalue weighted by Gasteiger charge is 2.18. The van der Waals surface area contributed by atoms with Crippen LogP contribution in [-0.4, -0.2) is 37.9 Å². The Labute approximate surface area is 102 Å². The molecule has 92 valence electrons. The maximum absolute atomic E-state index is 11.0. The van der Waals surface area contributed by atoms with Gasteiger partial charge in [-0.1, -0.05) is 18.7 Å². The molecule has 0 spiro atoms. The van der Waals surface area contributed by atoms with E-state index in [0.717, 1.165) is 11.8 Å². The van der Waals surface area contributed by atoms with Crippen LogP contribution in [0.25, 0.3) is 0 Å². The summed E-state index contributed by atoms with van der Waals surface area (Å²) in [5, 5.41) is 17.8. The van der Waals surface area contributed by atoms with Gasteiger partial charge in [-0.05, 0) is 6.92 Å². The highest BCUT2D eigenvalue weighted by Crippen LogP contribution is 2.22. The minimum atomic E-state index is -1.14. The summed E-state index contributed by atoms with van der Waals surface area (Å²) in [7, 11) is 0. The molecule has 1 heterocycles. The predicted octanol–water partition coefficient (Wildman–Crippen LogP) is 1.22. The first-order valence-corrected chi connectivity index (χ1v) is 5.89. The lowest BCUT2D eigenvalue weighted by Gasteiger charge is -2.08. The molecule has 0 amide bonds. The van der Waals surface area contributed by atoms with Crippen LogP contribution in [0.1, 0.15) is 28.8 Å². The van der Waals surface area contributed by atoms with E-state index in [9.17, 15) is 9.59 Å². The molecule has 2 N–H and O–H groups in total. The van der Waals surface area contributed by atoms with Crippen molar-refractivity contribution in [3.63, 3.8) is 0 Å². The van der Waals surface area contributed by atoms with E-state index >= 15 is 0 Å². The van der Waals surface area contributed by atoms with Gasteiger partial charge in [0.25, 0.3) is 0 Å². The fourth-order valence-electron chi connectivity index (χ4n) is 1.24. The molecule has 0 radical (unpaired) electrons. The van der Waals surface area contributed by atoms with Crippen LogP contribution in [0, 0.1) is 6.92 Å². The van der Waals surface area contributed by atoms with Crippen LogP contribution in [0.15, 0.2) is 5.03 Å². The third-order valence-electron chi connectivity index (χ3n) is 1.97. The first kappa shape index (κ1) is 13.4. The Hall–Kier alpha value is -1.63. The number of nitrogens with zero attached hydrogens (tertiary/aromatic N) is 2. The molecule has 0 aliphatic carbocycles. The number of rotatable bonds is 5. The molecule has 0 saturated carbocycles.